The van der Waals surface area contributed by atoms with Crippen LogP contribution in [0.4, 0.5) is 5.95 Å². The van der Waals surface area contributed by atoms with E-state index in [0.29, 0.717) is 11.6 Å². The summed E-state index contributed by atoms with van der Waals surface area (Å²) < 4.78 is 0. The van der Waals surface area contributed by atoms with Crippen molar-refractivity contribution in [3.8, 4) is 11.3 Å². The number of fused-ring (bicyclic) bond motifs is 2. The summed E-state index contributed by atoms with van der Waals surface area (Å²) in [6, 6.07) is 12.3. The van der Waals surface area contributed by atoms with Crippen molar-refractivity contribution in [1.29, 1.82) is 0 Å². The first-order chi connectivity index (χ1) is 13.1. The highest BCUT2D eigenvalue weighted by atomic mass is 16.1. The summed E-state index contributed by atoms with van der Waals surface area (Å²) in [5, 5.41) is 1.90. The average molecular weight is 358 g/mol. The van der Waals surface area contributed by atoms with Gasteiger partial charge in [0.1, 0.15) is 0 Å². The van der Waals surface area contributed by atoms with Gasteiger partial charge >= 0.3 is 0 Å². The molecule has 1 aromatic heterocycles. The Morgan fingerprint density at radius 3 is 2.63 bits per heavy atom. The van der Waals surface area contributed by atoms with Gasteiger partial charge in [-0.25, -0.2) is 9.97 Å². The van der Waals surface area contributed by atoms with Gasteiger partial charge in [0.25, 0.3) is 0 Å². The summed E-state index contributed by atoms with van der Waals surface area (Å²) in [4.78, 5) is 24.0. The van der Waals surface area contributed by atoms with Gasteiger partial charge in [0.15, 0.2) is 0 Å². The zero-order valence-electron chi connectivity index (χ0n) is 15.4. The van der Waals surface area contributed by atoms with E-state index in [9.17, 15) is 4.79 Å². The van der Waals surface area contributed by atoms with E-state index in [4.69, 9.17) is 15.7 Å². The maximum atomic E-state index is 11.9. The maximum absolute atomic E-state index is 11.9. The molecule has 1 aliphatic carbocycles. The Morgan fingerprint density at radius 2 is 1.93 bits per heavy atom. The Labute approximate surface area is 158 Å². The molecule has 2 aliphatic rings. The molecule has 27 heavy (non-hydrogen) atoms. The number of amides is 1. The molecule has 0 saturated carbocycles. The quantitative estimate of drug-likeness (QED) is 0.778. The fourth-order valence-corrected chi connectivity index (χ4v) is 4.30. The summed E-state index contributed by atoms with van der Waals surface area (Å²) >= 11 is 0. The molecule has 5 nitrogen and oxygen atoms in total. The molecule has 1 atom stereocenters. The van der Waals surface area contributed by atoms with Gasteiger partial charge in [0, 0.05) is 35.0 Å². The van der Waals surface area contributed by atoms with Crippen LogP contribution in [0.1, 0.15) is 41.4 Å². The summed E-state index contributed by atoms with van der Waals surface area (Å²) in [5.41, 5.74) is 10.6. The van der Waals surface area contributed by atoms with Gasteiger partial charge in [0.05, 0.1) is 5.69 Å². The van der Waals surface area contributed by atoms with E-state index in [1.54, 1.807) is 0 Å². The van der Waals surface area contributed by atoms with Crippen LogP contribution < -0.4 is 10.6 Å². The van der Waals surface area contributed by atoms with Crippen LogP contribution in [0.15, 0.2) is 36.4 Å². The van der Waals surface area contributed by atoms with Crippen molar-refractivity contribution >= 4 is 22.6 Å². The molecule has 2 aromatic carbocycles. The van der Waals surface area contributed by atoms with Crippen LogP contribution in [-0.4, -0.2) is 28.5 Å². The fourth-order valence-electron chi connectivity index (χ4n) is 4.30. The van der Waals surface area contributed by atoms with E-state index in [-0.39, 0.29) is 0 Å². The van der Waals surface area contributed by atoms with Crippen molar-refractivity contribution in [1.82, 2.24) is 9.97 Å². The van der Waals surface area contributed by atoms with Gasteiger partial charge in [-0.3, -0.25) is 4.79 Å². The normalized spacial score (nSPS) is 18.4. The molecular formula is C22H22N4O. The highest BCUT2D eigenvalue weighted by Gasteiger charge is 2.29. The first kappa shape index (κ1) is 16.2. The Hall–Kier alpha value is -2.95. The zero-order valence-corrected chi connectivity index (χ0v) is 15.4. The first-order valence-corrected chi connectivity index (χ1v) is 9.62. The first-order valence-electron chi connectivity index (χ1n) is 9.62. The van der Waals surface area contributed by atoms with E-state index in [0.717, 1.165) is 53.8 Å². The number of carbonyl (C=O) groups excluding carboxylic acids is 1. The van der Waals surface area contributed by atoms with Crippen LogP contribution in [-0.2, 0) is 12.8 Å². The number of anilines is 1. The number of hydrogen-bond donors (Lipinski definition) is 1. The summed E-state index contributed by atoms with van der Waals surface area (Å²) in [5.74, 6) is 0.438. The molecule has 1 amide bonds. The Bertz CT molecular complexity index is 1080. The Balaban J connectivity index is 1.76. The second kappa shape index (κ2) is 6.05. The number of nitrogens with zero attached hydrogens (tertiary/aromatic N) is 3. The van der Waals surface area contributed by atoms with Gasteiger partial charge in [-0.05, 0) is 49.4 Å². The van der Waals surface area contributed by atoms with Crippen LogP contribution in [0.2, 0.25) is 0 Å². The molecule has 0 spiro atoms. The lowest BCUT2D eigenvalue weighted by molar-refractivity contribution is 0.100. The van der Waals surface area contributed by atoms with Gasteiger partial charge in [-0.15, -0.1) is 0 Å². The molecule has 0 unspecified atom stereocenters. The van der Waals surface area contributed by atoms with E-state index in [1.165, 1.54) is 17.7 Å². The standard InChI is InChI=1S/C22H22N4O/c1-13-11-12-26(13)22-24-19-8-4-7-18(19)20(25-22)16-9-10-17(21(23)27)15-6-3-2-5-14(15)16/h2-3,5-6,9-10,13H,4,7-8,11-12H2,1H3,(H2,23,27)/t13-/m0/s1. The number of aromatic nitrogens is 2. The molecular weight excluding hydrogens is 336 g/mol. The molecule has 136 valence electrons. The molecule has 0 radical (unpaired) electrons. The lowest BCUT2D eigenvalue weighted by Crippen LogP contribution is -2.46. The smallest absolute Gasteiger partial charge is 0.249 e. The Morgan fingerprint density at radius 1 is 1.11 bits per heavy atom. The van der Waals surface area contributed by atoms with Gasteiger partial charge in [0.2, 0.25) is 11.9 Å². The molecule has 5 rings (SSSR count). The van der Waals surface area contributed by atoms with Gasteiger partial charge in [-0.1, -0.05) is 30.3 Å². The number of hydrogen-bond acceptors (Lipinski definition) is 4. The lowest BCUT2D eigenvalue weighted by Gasteiger charge is -2.39. The number of primary amides is 1. The monoisotopic (exact) mass is 358 g/mol. The topological polar surface area (TPSA) is 72.1 Å². The minimum Gasteiger partial charge on any atom is -0.366 e. The summed E-state index contributed by atoms with van der Waals surface area (Å²) in [6.45, 7) is 3.23. The van der Waals surface area contributed by atoms with Crippen molar-refractivity contribution in [2.45, 2.75) is 38.6 Å². The number of aryl methyl sites for hydroxylation is 1. The van der Waals surface area contributed by atoms with E-state index in [1.807, 2.05) is 36.4 Å². The molecule has 1 saturated heterocycles. The minimum absolute atomic E-state index is 0.402. The van der Waals surface area contributed by atoms with E-state index < -0.39 is 5.91 Å². The lowest BCUT2D eigenvalue weighted by atomic mass is 9.95. The third-order valence-corrected chi connectivity index (χ3v) is 5.94. The molecule has 0 bridgehead atoms. The number of rotatable bonds is 3. The second-order valence-electron chi connectivity index (χ2n) is 7.55. The van der Waals surface area contributed by atoms with Crippen molar-refractivity contribution < 1.29 is 4.79 Å². The van der Waals surface area contributed by atoms with Crippen LogP contribution in [0.5, 0.6) is 0 Å². The highest BCUT2D eigenvalue weighted by molar-refractivity contribution is 6.10. The van der Waals surface area contributed by atoms with Crippen molar-refractivity contribution in [2.75, 3.05) is 11.4 Å². The molecule has 2 N–H and O–H groups in total. The third kappa shape index (κ3) is 2.49. The summed E-state index contributed by atoms with van der Waals surface area (Å²) in [7, 11) is 0. The maximum Gasteiger partial charge on any atom is 0.249 e. The zero-order chi connectivity index (χ0) is 18.5. The predicted molar refractivity (Wildman–Crippen MR) is 107 cm³/mol. The second-order valence-corrected chi connectivity index (χ2v) is 7.55. The summed E-state index contributed by atoms with van der Waals surface area (Å²) in [6.07, 6.45) is 4.32. The number of benzene rings is 2. The highest BCUT2D eigenvalue weighted by Crippen LogP contribution is 2.37. The fraction of sp³-hybridized carbons (Fsp3) is 0.318. The molecule has 2 heterocycles. The van der Waals surface area contributed by atoms with Crippen LogP contribution in [0.25, 0.3) is 22.0 Å². The molecule has 5 heteroatoms. The minimum atomic E-state index is -0.402. The molecule has 1 fully saturated rings. The third-order valence-electron chi connectivity index (χ3n) is 5.94. The largest absolute Gasteiger partial charge is 0.366 e. The number of nitrogens with two attached hydrogens (primary N) is 1. The van der Waals surface area contributed by atoms with Crippen LogP contribution in [0.3, 0.4) is 0 Å². The van der Waals surface area contributed by atoms with E-state index >= 15 is 0 Å². The molecule has 1 aliphatic heterocycles. The van der Waals surface area contributed by atoms with Crippen LogP contribution in [0, 0.1) is 0 Å². The number of carbonyl (C=O) groups is 1. The average Bonchev–Trinajstić information content (AvgIpc) is 3.14. The van der Waals surface area contributed by atoms with Crippen molar-refractivity contribution in [2.24, 2.45) is 5.73 Å². The SMILES string of the molecule is C[C@H]1CCN1c1nc2c(c(-c3ccc(C(N)=O)c4ccccc34)n1)CCC2. The van der Waals surface area contributed by atoms with Gasteiger partial charge in [-0.2, -0.15) is 0 Å². The van der Waals surface area contributed by atoms with Gasteiger partial charge < -0.3 is 10.6 Å². The predicted octanol–water partition coefficient (Wildman–Crippen LogP) is 3.48. The van der Waals surface area contributed by atoms with Crippen LogP contribution >= 0.6 is 0 Å². The molecule has 3 aromatic rings. The van der Waals surface area contributed by atoms with Crippen molar-refractivity contribution in [3.63, 3.8) is 0 Å². The Kier molecular flexibility index (Phi) is 3.64. The van der Waals surface area contributed by atoms with E-state index in [2.05, 4.69) is 11.8 Å². The van der Waals surface area contributed by atoms with Crippen molar-refractivity contribution in [3.05, 3.63) is 53.2 Å².